The van der Waals surface area contributed by atoms with Crippen molar-refractivity contribution in [3.05, 3.63) is 132 Å². The van der Waals surface area contributed by atoms with Gasteiger partial charge in [-0.1, -0.05) is 68.4 Å². The Kier molecular flexibility index (Phi) is 21.5. The highest BCUT2D eigenvalue weighted by Crippen LogP contribution is 2.22. The Labute approximate surface area is 468 Å². The predicted octanol–water partition coefficient (Wildman–Crippen LogP) is -0.00850. The lowest BCUT2D eigenvalue weighted by Gasteiger charge is -2.31. The van der Waals surface area contributed by atoms with Gasteiger partial charge in [0.2, 0.25) is 47.3 Å². The molecule has 0 unspecified atom stereocenters. The van der Waals surface area contributed by atoms with Gasteiger partial charge in [0, 0.05) is 62.4 Å². The minimum atomic E-state index is -1.54. The molecule has 3 aromatic carbocycles. The number of carbonyl (C=O) groups excluding carboxylic acids is 8. The second-order valence-corrected chi connectivity index (χ2v) is 21.1. The summed E-state index contributed by atoms with van der Waals surface area (Å²) in [6.45, 7) is 4.59. The monoisotopic (exact) mass is 1120 g/mol. The molecule has 2 saturated heterocycles. The molecule has 7 rings (SSSR count). The van der Waals surface area contributed by atoms with Gasteiger partial charge < -0.3 is 73.1 Å². The molecule has 24 heteroatoms. The van der Waals surface area contributed by atoms with Gasteiger partial charge in [-0.3, -0.25) is 38.4 Å². The smallest absolute Gasteiger partial charge is 0.246 e. The van der Waals surface area contributed by atoms with Gasteiger partial charge in [0.05, 0.1) is 37.3 Å². The van der Waals surface area contributed by atoms with Crippen LogP contribution in [0.15, 0.2) is 104 Å². The van der Waals surface area contributed by atoms with Crippen LogP contribution in [-0.4, -0.2) is 155 Å². The molecule has 2 fully saturated rings. The largest absolute Gasteiger partial charge is 0.508 e. The molecular weight excluding hydrogens is 1040 g/mol. The number of carbonyl (C=O) groups is 8. The summed E-state index contributed by atoms with van der Waals surface area (Å²) in [6, 6.07) is 12.1. The highest BCUT2D eigenvalue weighted by molar-refractivity contribution is 5.97. The lowest BCUT2D eigenvalue weighted by Crippen LogP contribution is -2.60. The van der Waals surface area contributed by atoms with Crippen LogP contribution >= 0.6 is 0 Å². The molecule has 9 atom stereocenters. The number of hydrogen-bond donors (Lipinski definition) is 13. The summed E-state index contributed by atoms with van der Waals surface area (Å²) in [5.41, 5.74) is 8.55. The number of rotatable bonds is 28. The molecular formula is C57H73N13O11. The molecule has 432 valence electrons. The Hall–Kier alpha value is -8.64. The Morgan fingerprint density at radius 2 is 1.14 bits per heavy atom. The van der Waals surface area contributed by atoms with E-state index in [-0.39, 0.29) is 74.8 Å². The topological polar surface area (TPSA) is 368 Å². The highest BCUT2D eigenvalue weighted by atomic mass is 16.3. The Bertz CT molecular complexity index is 2880. The van der Waals surface area contributed by atoms with E-state index in [1.165, 1.54) is 48.0 Å². The maximum atomic E-state index is 14.7. The van der Waals surface area contributed by atoms with E-state index in [4.69, 9.17) is 5.73 Å². The average molecular weight is 1120 g/mol. The third-order valence-electron chi connectivity index (χ3n) is 14.3. The number of imidazole rings is 2. The van der Waals surface area contributed by atoms with Crippen LogP contribution in [0.1, 0.15) is 80.5 Å². The van der Waals surface area contributed by atoms with Crippen molar-refractivity contribution in [3.63, 3.8) is 0 Å². The van der Waals surface area contributed by atoms with Gasteiger partial charge in [0.25, 0.3) is 0 Å². The molecule has 0 spiro atoms. The Balaban J connectivity index is 1.06. The number of benzene rings is 3. The molecule has 2 aromatic heterocycles. The second kappa shape index (κ2) is 29.0. The minimum absolute atomic E-state index is 0.00291. The molecule has 2 aliphatic heterocycles. The van der Waals surface area contributed by atoms with E-state index in [9.17, 15) is 53.7 Å². The zero-order valence-corrected chi connectivity index (χ0v) is 45.3. The number of likely N-dealkylation sites (tertiary alicyclic amines) is 1. The minimum Gasteiger partial charge on any atom is -0.508 e. The lowest BCUT2D eigenvalue weighted by atomic mass is 9.96. The molecule has 4 heterocycles. The van der Waals surface area contributed by atoms with Gasteiger partial charge in [-0.15, -0.1) is 0 Å². The molecule has 0 bridgehead atoms. The fourth-order valence-electron chi connectivity index (χ4n) is 10.1. The van der Waals surface area contributed by atoms with Crippen molar-refractivity contribution < 1.29 is 53.7 Å². The summed E-state index contributed by atoms with van der Waals surface area (Å²) < 4.78 is 0. The molecule has 5 aromatic rings. The first-order chi connectivity index (χ1) is 38.9. The van der Waals surface area contributed by atoms with Crippen LogP contribution < -0.4 is 43.0 Å². The molecule has 8 amide bonds. The van der Waals surface area contributed by atoms with E-state index in [1.807, 2.05) is 13.8 Å². The summed E-state index contributed by atoms with van der Waals surface area (Å²) in [4.78, 5) is 127. The number of H-pyrrole nitrogens is 2. The number of amides is 8. The van der Waals surface area contributed by atoms with E-state index in [1.54, 1.807) is 60.8 Å². The number of phenolic OH excluding ortho intramolecular Hbond substituents is 2. The first-order valence-corrected chi connectivity index (χ1v) is 27.3. The summed E-state index contributed by atoms with van der Waals surface area (Å²) >= 11 is 0. The lowest BCUT2D eigenvalue weighted by molar-refractivity contribution is -0.142. The van der Waals surface area contributed by atoms with E-state index in [2.05, 4.69) is 57.2 Å². The van der Waals surface area contributed by atoms with Gasteiger partial charge in [0.15, 0.2) is 0 Å². The van der Waals surface area contributed by atoms with Crippen molar-refractivity contribution in [3.8, 4) is 11.5 Å². The third-order valence-corrected chi connectivity index (χ3v) is 14.3. The average Bonchev–Trinajstić information content (AvgIpc) is 4.45. The molecule has 2 aliphatic rings. The predicted molar refractivity (Wildman–Crippen MR) is 295 cm³/mol. The van der Waals surface area contributed by atoms with Crippen LogP contribution in [0.5, 0.6) is 11.5 Å². The molecule has 14 N–H and O–H groups in total. The fourth-order valence-corrected chi connectivity index (χ4v) is 10.1. The summed E-state index contributed by atoms with van der Waals surface area (Å²) in [6.07, 6.45) is 5.92. The third kappa shape index (κ3) is 17.9. The van der Waals surface area contributed by atoms with Gasteiger partial charge in [-0.2, -0.15) is 0 Å². The van der Waals surface area contributed by atoms with Crippen LogP contribution in [0.3, 0.4) is 0 Å². The van der Waals surface area contributed by atoms with Crippen LogP contribution in [-0.2, 0) is 70.5 Å². The van der Waals surface area contributed by atoms with Crippen molar-refractivity contribution in [1.29, 1.82) is 0 Å². The van der Waals surface area contributed by atoms with Gasteiger partial charge in [0.1, 0.15) is 47.8 Å². The molecule has 0 radical (unpaired) electrons. The SMILES string of the molecule is CC(C)C[C@H](NC(=O)[C@H](Cc1cnc[nH]1)NC(=O)[C@H](Cc1ccccc1)NC(=O)[C@H]1CCCN1C(=O)[C@H](Cc1cnc[nH]1)NC(=O)[C@H]1CCCN1)[C@@H](O)CC(=O)N[C@@H](Cc1ccc(O)cc1)C(=O)N[C@@H](Cc1ccc(O)cc1)C(N)=O. The zero-order valence-electron chi connectivity index (χ0n) is 45.3. The quantitative estimate of drug-likeness (QED) is 0.0314. The van der Waals surface area contributed by atoms with Crippen molar-refractivity contribution in [2.45, 2.75) is 139 Å². The molecule has 24 nitrogen and oxygen atoms in total. The number of nitrogens with one attached hydrogen (secondary N) is 9. The van der Waals surface area contributed by atoms with E-state index in [0.717, 1.165) is 6.42 Å². The number of aromatic amines is 2. The normalized spacial score (nSPS) is 17.6. The van der Waals surface area contributed by atoms with Crippen LogP contribution in [0.2, 0.25) is 0 Å². The Morgan fingerprint density at radius 1 is 0.617 bits per heavy atom. The molecule has 0 saturated carbocycles. The van der Waals surface area contributed by atoms with Crippen molar-refractivity contribution in [1.82, 2.24) is 62.1 Å². The van der Waals surface area contributed by atoms with E-state index >= 15 is 0 Å². The van der Waals surface area contributed by atoms with Crippen molar-refractivity contribution in [2.24, 2.45) is 11.7 Å². The molecule has 81 heavy (non-hydrogen) atoms. The van der Waals surface area contributed by atoms with Crippen LogP contribution in [0, 0.1) is 5.92 Å². The van der Waals surface area contributed by atoms with Crippen molar-refractivity contribution in [2.75, 3.05) is 13.1 Å². The number of aromatic nitrogens is 4. The summed E-state index contributed by atoms with van der Waals surface area (Å²) in [5.74, 6) is -5.50. The van der Waals surface area contributed by atoms with Gasteiger partial charge in [-0.05, 0) is 85.5 Å². The first-order valence-electron chi connectivity index (χ1n) is 27.3. The van der Waals surface area contributed by atoms with Gasteiger partial charge >= 0.3 is 0 Å². The zero-order chi connectivity index (χ0) is 58.0. The number of hydrogen-bond acceptors (Lipinski definition) is 14. The first kappa shape index (κ1) is 60.0. The van der Waals surface area contributed by atoms with Crippen molar-refractivity contribution >= 4 is 47.3 Å². The fraction of sp³-hybridized carbons (Fsp3) is 0.439. The Morgan fingerprint density at radius 3 is 1.68 bits per heavy atom. The number of primary amides is 1. The number of nitrogens with two attached hydrogens (primary N) is 1. The maximum Gasteiger partial charge on any atom is 0.246 e. The maximum absolute atomic E-state index is 14.7. The summed E-state index contributed by atoms with van der Waals surface area (Å²) in [7, 11) is 0. The number of nitrogens with zero attached hydrogens (tertiary/aromatic N) is 3. The number of aliphatic hydroxyl groups is 1. The standard InChI is InChI=1S/C57H73N13O11/c1-33(2)22-42(49(73)28-50(74)64-44(25-36-14-18-40(72)19-15-36)53(77)66-43(51(58)75)23-35-12-16-39(71)17-13-35)65-55(79)46(26-37-29-59-31-62-37)67-54(78)45(24-34-8-4-3-5-9-34)68-56(80)48-11-7-21-70(48)57(81)47(27-38-30-60-32-63-38)69-52(76)41-10-6-20-61-41/h3-5,8-9,12-19,29-33,41-49,61,71-73H,6-7,10-11,20-28H2,1-2H3,(H2,58,75)(H,59,62)(H,60,63)(H,64,74)(H,65,79)(H,66,77)(H,67,78)(H,68,80)(H,69,76)/t41-,42+,43+,44+,45+,46+,47+,48-,49+/m1/s1. The molecule has 0 aliphatic carbocycles. The number of phenols is 2. The van der Waals surface area contributed by atoms with Gasteiger partial charge in [-0.25, -0.2) is 9.97 Å². The van der Waals surface area contributed by atoms with E-state index in [0.29, 0.717) is 47.5 Å². The number of aromatic hydroxyl groups is 2. The van der Waals surface area contributed by atoms with E-state index < -0.39 is 102 Å². The van der Waals surface area contributed by atoms with Crippen LogP contribution in [0.25, 0.3) is 0 Å². The second-order valence-electron chi connectivity index (χ2n) is 21.1. The number of aliphatic hydroxyl groups excluding tert-OH is 1. The highest BCUT2D eigenvalue weighted by Gasteiger charge is 2.41. The van der Waals surface area contributed by atoms with Crippen LogP contribution in [0.4, 0.5) is 0 Å². The summed E-state index contributed by atoms with van der Waals surface area (Å²) in [5, 5.41) is 51.3.